The molecule has 0 unspecified atom stereocenters. The molecule has 4 heteroatoms. The molecule has 0 aliphatic carbocycles. The van der Waals surface area contributed by atoms with Gasteiger partial charge in [0.05, 0.1) is 0 Å². The zero-order valence-electron chi connectivity index (χ0n) is 6.14. The molecule has 0 amide bonds. The van der Waals surface area contributed by atoms with Crippen molar-refractivity contribution >= 4 is 16.7 Å². The molecule has 0 atom stereocenters. The minimum atomic E-state index is 0.00820. The number of nitrogens with zero attached hydrogens (tertiary/aromatic N) is 3. The first-order valence-electron chi connectivity index (χ1n) is 3.44. The highest BCUT2D eigenvalue weighted by Crippen LogP contribution is 2.18. The highest BCUT2D eigenvalue weighted by Gasteiger charge is 2.03. The van der Waals surface area contributed by atoms with E-state index in [1.165, 1.54) is 0 Å². The lowest BCUT2D eigenvalue weighted by Crippen LogP contribution is -1.77. The Morgan fingerprint density at radius 1 is 1.17 bits per heavy atom. The molecule has 2 rings (SSSR count). The van der Waals surface area contributed by atoms with Crippen LogP contribution in [0.3, 0.4) is 0 Å². The maximum atomic E-state index is 8.96. The molecule has 0 bridgehead atoms. The van der Waals surface area contributed by atoms with Crippen LogP contribution in [0.2, 0.25) is 0 Å². The van der Waals surface area contributed by atoms with E-state index in [1.54, 1.807) is 0 Å². The van der Waals surface area contributed by atoms with E-state index >= 15 is 0 Å². The quantitative estimate of drug-likeness (QED) is 0.664. The van der Waals surface area contributed by atoms with Gasteiger partial charge in [0.15, 0.2) is 5.82 Å². The Balaban J connectivity index is 2.45. The van der Waals surface area contributed by atoms with Crippen LogP contribution in [-0.2, 0) is 0 Å². The van der Waals surface area contributed by atoms with Crippen LogP contribution in [0.25, 0.3) is 11.4 Å². The molecule has 1 heterocycles. The third-order valence-corrected chi connectivity index (χ3v) is 1.97. The molecule has 1 aromatic carbocycles. The smallest absolute Gasteiger partial charge is 0.195 e. The third kappa shape index (κ3) is 1.29. The molecule has 0 saturated carbocycles. The Labute approximate surface area is 74.0 Å². The highest BCUT2D eigenvalue weighted by atomic mass is 32.1. The summed E-state index contributed by atoms with van der Waals surface area (Å²) in [5, 5.41) is 0.00820. The van der Waals surface area contributed by atoms with Crippen LogP contribution < -0.4 is 5.73 Å². The molecule has 0 aliphatic rings. The van der Waals surface area contributed by atoms with Gasteiger partial charge in [0.25, 0.3) is 0 Å². The Bertz CT molecular complexity index is 369. The Morgan fingerprint density at radius 3 is 2.50 bits per heavy atom. The summed E-state index contributed by atoms with van der Waals surface area (Å²) in [7, 11) is 0. The van der Waals surface area contributed by atoms with Gasteiger partial charge in [0, 0.05) is 17.1 Å². The summed E-state index contributed by atoms with van der Waals surface area (Å²) in [6.07, 6.45) is 0. The summed E-state index contributed by atoms with van der Waals surface area (Å²) in [5.74, 6) is 0.582. The lowest BCUT2D eigenvalue weighted by molar-refractivity contribution is 1.29. The van der Waals surface area contributed by atoms with Crippen LogP contribution in [-0.4, -0.2) is 9.36 Å². The van der Waals surface area contributed by atoms with E-state index in [4.69, 9.17) is 5.73 Å². The van der Waals surface area contributed by atoms with E-state index in [1.807, 2.05) is 30.3 Å². The summed E-state index contributed by atoms with van der Waals surface area (Å²) in [6, 6.07) is 9.56. The van der Waals surface area contributed by atoms with Crippen molar-refractivity contribution in [2.45, 2.75) is 0 Å². The summed E-state index contributed by atoms with van der Waals surface area (Å²) in [4.78, 5) is 3.84. The molecular formula is C8H5N3S. The van der Waals surface area contributed by atoms with E-state index in [9.17, 15) is 0 Å². The van der Waals surface area contributed by atoms with Crippen molar-refractivity contribution in [1.29, 1.82) is 0 Å². The lowest BCUT2D eigenvalue weighted by Gasteiger charge is -1.90. The Morgan fingerprint density at radius 2 is 1.92 bits per heavy atom. The van der Waals surface area contributed by atoms with Crippen molar-refractivity contribution in [3.63, 3.8) is 0 Å². The monoisotopic (exact) mass is 175 g/mol. The van der Waals surface area contributed by atoms with Gasteiger partial charge >= 0.3 is 0 Å². The second-order valence-corrected chi connectivity index (χ2v) is 3.00. The van der Waals surface area contributed by atoms with Gasteiger partial charge in [0.2, 0.25) is 5.13 Å². The first kappa shape index (κ1) is 7.24. The minimum Gasteiger partial charge on any atom is -0.195 e. The minimum absolute atomic E-state index is 0.00820. The molecule has 0 saturated heterocycles. The normalized spacial score (nSPS) is 10.0. The molecule has 0 aliphatic heterocycles. The number of hydrogen-bond acceptors (Lipinski definition) is 3. The van der Waals surface area contributed by atoms with Crippen molar-refractivity contribution in [3.8, 4) is 11.4 Å². The average Bonchev–Trinajstić information content (AvgIpc) is 2.54. The molecule has 3 nitrogen and oxygen atoms in total. The highest BCUT2D eigenvalue weighted by molar-refractivity contribution is 7.09. The standard InChI is InChI=1S/C8H5N3S/c9-8-10-7(11-12-8)6-4-2-1-3-5-6/h1-5H. The average molecular weight is 175 g/mol. The number of benzene rings is 1. The van der Waals surface area contributed by atoms with Gasteiger partial charge in [-0.05, 0) is 0 Å². The molecule has 1 aromatic heterocycles. The summed E-state index contributed by atoms with van der Waals surface area (Å²) < 4.78 is 3.97. The summed E-state index contributed by atoms with van der Waals surface area (Å²) in [5.41, 5.74) is 9.88. The van der Waals surface area contributed by atoms with Gasteiger partial charge in [-0.25, -0.2) is 0 Å². The predicted octanol–water partition coefficient (Wildman–Crippen LogP) is 1.91. The van der Waals surface area contributed by atoms with E-state index < -0.39 is 0 Å². The molecule has 0 N–H and O–H groups in total. The maximum absolute atomic E-state index is 8.96. The van der Waals surface area contributed by atoms with Gasteiger partial charge in [-0.1, -0.05) is 30.3 Å². The van der Waals surface area contributed by atoms with Crippen molar-refractivity contribution in [3.05, 3.63) is 30.3 Å². The SMILES string of the molecule is [N]c1nc(-c2ccccc2)ns1. The van der Waals surface area contributed by atoms with Crippen LogP contribution >= 0.6 is 11.5 Å². The molecule has 2 radical (unpaired) electrons. The van der Waals surface area contributed by atoms with Crippen molar-refractivity contribution in [2.24, 2.45) is 0 Å². The Kier molecular flexibility index (Phi) is 1.75. The zero-order chi connectivity index (χ0) is 8.39. The number of rotatable bonds is 1. The fraction of sp³-hybridized carbons (Fsp3) is 0. The van der Waals surface area contributed by atoms with Gasteiger partial charge < -0.3 is 0 Å². The molecular weight excluding hydrogens is 170 g/mol. The molecule has 0 fully saturated rings. The summed E-state index contributed by atoms with van der Waals surface area (Å²) >= 11 is 0.994. The van der Waals surface area contributed by atoms with Crippen molar-refractivity contribution < 1.29 is 0 Å². The fourth-order valence-corrected chi connectivity index (χ4v) is 1.36. The lowest BCUT2D eigenvalue weighted by atomic mass is 10.2. The third-order valence-electron chi connectivity index (χ3n) is 1.45. The molecule has 12 heavy (non-hydrogen) atoms. The predicted molar refractivity (Wildman–Crippen MR) is 47.1 cm³/mol. The molecule has 58 valence electrons. The van der Waals surface area contributed by atoms with Crippen LogP contribution in [0.1, 0.15) is 0 Å². The first-order valence-corrected chi connectivity index (χ1v) is 4.22. The van der Waals surface area contributed by atoms with Crippen molar-refractivity contribution in [1.82, 2.24) is 15.1 Å². The Hall–Kier alpha value is -1.42. The van der Waals surface area contributed by atoms with Crippen LogP contribution in [0.15, 0.2) is 30.3 Å². The van der Waals surface area contributed by atoms with Gasteiger partial charge in [0.1, 0.15) is 0 Å². The molecule has 0 spiro atoms. The molecule has 2 aromatic rings. The van der Waals surface area contributed by atoms with E-state index in [0.29, 0.717) is 5.82 Å². The van der Waals surface area contributed by atoms with Crippen molar-refractivity contribution in [2.75, 3.05) is 0 Å². The second-order valence-electron chi connectivity index (χ2n) is 2.27. The second kappa shape index (κ2) is 2.91. The van der Waals surface area contributed by atoms with Gasteiger partial charge in [-0.15, -0.1) is 5.73 Å². The summed E-state index contributed by atoms with van der Waals surface area (Å²) in [6.45, 7) is 0. The maximum Gasteiger partial charge on any atom is 0.249 e. The van der Waals surface area contributed by atoms with Crippen LogP contribution in [0.5, 0.6) is 0 Å². The van der Waals surface area contributed by atoms with Crippen LogP contribution in [0.4, 0.5) is 5.13 Å². The number of hydrogen-bond donors (Lipinski definition) is 0. The van der Waals surface area contributed by atoms with Crippen LogP contribution in [0, 0.1) is 0 Å². The van der Waals surface area contributed by atoms with E-state index in [-0.39, 0.29) is 5.13 Å². The zero-order valence-corrected chi connectivity index (χ0v) is 6.95. The topological polar surface area (TPSA) is 48.1 Å². The van der Waals surface area contributed by atoms with Gasteiger partial charge in [-0.2, -0.15) is 9.36 Å². The van der Waals surface area contributed by atoms with E-state index in [0.717, 1.165) is 17.1 Å². The number of aromatic nitrogens is 2. The fourth-order valence-electron chi connectivity index (χ4n) is 0.920. The largest absolute Gasteiger partial charge is 0.249 e. The van der Waals surface area contributed by atoms with E-state index in [2.05, 4.69) is 9.36 Å². The first-order chi connectivity index (χ1) is 5.86. The van der Waals surface area contributed by atoms with Gasteiger partial charge in [-0.3, -0.25) is 0 Å².